The van der Waals surface area contributed by atoms with Gasteiger partial charge in [-0.25, -0.2) is 0 Å². The Bertz CT molecular complexity index is 1210. The van der Waals surface area contributed by atoms with E-state index in [1.807, 2.05) is 0 Å². The average molecular weight is 932 g/mol. The van der Waals surface area contributed by atoms with Crippen molar-refractivity contribution in [3.05, 3.63) is 24.3 Å². The summed E-state index contributed by atoms with van der Waals surface area (Å²) in [4.78, 5) is 13.2. The van der Waals surface area contributed by atoms with Crippen molar-refractivity contribution in [2.75, 3.05) is 19.8 Å². The van der Waals surface area contributed by atoms with E-state index in [2.05, 4.69) is 31.3 Å². The second kappa shape index (κ2) is 37.3. The van der Waals surface area contributed by atoms with Crippen LogP contribution in [-0.2, 0) is 23.7 Å². The molecule has 10 N–H and O–H groups in total. The lowest BCUT2D eigenvalue weighted by molar-refractivity contribution is -0.359. The number of aliphatic hydroxyl groups is 9. The van der Waals surface area contributed by atoms with Crippen molar-refractivity contribution in [1.29, 1.82) is 0 Å². The fourth-order valence-corrected chi connectivity index (χ4v) is 8.43. The lowest BCUT2D eigenvalue weighted by Crippen LogP contribution is -2.65. The minimum absolute atomic E-state index is 0.250. The van der Waals surface area contributed by atoms with Gasteiger partial charge in [0, 0.05) is 0 Å². The average Bonchev–Trinajstić information content (AvgIpc) is 3.30. The molecule has 0 aliphatic carbocycles. The monoisotopic (exact) mass is 932 g/mol. The van der Waals surface area contributed by atoms with Crippen molar-refractivity contribution in [2.24, 2.45) is 0 Å². The van der Waals surface area contributed by atoms with Crippen LogP contribution in [0.2, 0.25) is 0 Å². The van der Waals surface area contributed by atoms with E-state index in [9.17, 15) is 50.8 Å². The normalized spacial score (nSPS) is 27.7. The van der Waals surface area contributed by atoms with Gasteiger partial charge in [-0.15, -0.1) is 0 Å². The molecule has 0 saturated carbocycles. The molecule has 65 heavy (non-hydrogen) atoms. The standard InChI is InChI=1S/C50H93NO14/c1-3-5-7-9-11-13-15-17-18-19-21-23-25-27-29-31-33-39(55)48(61)51-37(38(54)32-30-28-26-24-22-20-16-14-12-10-8-6-4-2)36-62-49-46(60)44(58)47(41(35-53)64-49)65-50-45(59)43(57)42(56)40(34-52)63-50/h22,24,30,32,37-47,49-50,52-60H,3-21,23,25-29,31,33-36H2,1-2H3,(H,51,61)/b24-22-,32-30+. The zero-order chi connectivity index (χ0) is 47.7. The first kappa shape index (κ1) is 59.6. The first-order chi connectivity index (χ1) is 31.5. The molecular weight excluding hydrogens is 839 g/mol. The van der Waals surface area contributed by atoms with Gasteiger partial charge in [0.05, 0.1) is 32.0 Å². The molecule has 13 unspecified atom stereocenters. The second-order valence-electron chi connectivity index (χ2n) is 18.4. The molecule has 0 bridgehead atoms. The van der Waals surface area contributed by atoms with E-state index in [1.54, 1.807) is 6.08 Å². The topological polar surface area (TPSA) is 248 Å². The van der Waals surface area contributed by atoms with Crippen LogP contribution < -0.4 is 5.32 Å². The quantitative estimate of drug-likeness (QED) is 0.0270. The summed E-state index contributed by atoms with van der Waals surface area (Å²) in [5, 5.41) is 97.3. The van der Waals surface area contributed by atoms with Gasteiger partial charge in [0.15, 0.2) is 12.6 Å². The van der Waals surface area contributed by atoms with Crippen molar-refractivity contribution in [3.8, 4) is 0 Å². The van der Waals surface area contributed by atoms with Crippen LogP contribution in [0.3, 0.4) is 0 Å². The molecule has 15 nitrogen and oxygen atoms in total. The highest BCUT2D eigenvalue weighted by molar-refractivity contribution is 5.80. The highest BCUT2D eigenvalue weighted by Gasteiger charge is 2.51. The van der Waals surface area contributed by atoms with Gasteiger partial charge in [-0.1, -0.05) is 179 Å². The molecule has 13 atom stereocenters. The smallest absolute Gasteiger partial charge is 0.249 e. The lowest BCUT2D eigenvalue weighted by atomic mass is 9.97. The number of carbonyl (C=O) groups is 1. The molecule has 0 aromatic carbocycles. The summed E-state index contributed by atoms with van der Waals surface area (Å²) >= 11 is 0. The number of aliphatic hydroxyl groups excluding tert-OH is 9. The van der Waals surface area contributed by atoms with Crippen molar-refractivity contribution >= 4 is 5.91 Å². The number of rotatable bonds is 39. The van der Waals surface area contributed by atoms with Gasteiger partial charge < -0.3 is 70.2 Å². The molecule has 15 heteroatoms. The van der Waals surface area contributed by atoms with E-state index >= 15 is 0 Å². The Balaban J connectivity index is 1.89. The molecular formula is C50H93NO14. The second-order valence-corrected chi connectivity index (χ2v) is 18.4. The van der Waals surface area contributed by atoms with Crippen LogP contribution in [0.25, 0.3) is 0 Å². The maximum atomic E-state index is 13.2. The Morgan fingerprint density at radius 3 is 1.55 bits per heavy atom. The van der Waals surface area contributed by atoms with Gasteiger partial charge in [0.2, 0.25) is 5.91 Å². The van der Waals surface area contributed by atoms with Gasteiger partial charge in [0.1, 0.15) is 54.9 Å². The minimum Gasteiger partial charge on any atom is -0.394 e. The highest BCUT2D eigenvalue weighted by Crippen LogP contribution is 2.30. The Morgan fingerprint density at radius 2 is 1.02 bits per heavy atom. The minimum atomic E-state index is -1.81. The molecule has 2 heterocycles. The van der Waals surface area contributed by atoms with Crippen LogP contribution >= 0.6 is 0 Å². The third-order valence-corrected chi connectivity index (χ3v) is 12.7. The molecule has 0 aromatic rings. The molecule has 2 fully saturated rings. The van der Waals surface area contributed by atoms with Gasteiger partial charge in [0.25, 0.3) is 0 Å². The molecule has 382 valence electrons. The first-order valence-corrected chi connectivity index (χ1v) is 25.7. The number of amides is 1. The zero-order valence-electron chi connectivity index (χ0n) is 40.1. The fraction of sp³-hybridized carbons (Fsp3) is 0.900. The number of ether oxygens (including phenoxy) is 4. The summed E-state index contributed by atoms with van der Waals surface area (Å²) in [6, 6.07) is -1.10. The lowest BCUT2D eigenvalue weighted by Gasteiger charge is -2.46. The Hall–Kier alpha value is -1.57. The number of hydrogen-bond acceptors (Lipinski definition) is 14. The number of allylic oxidation sites excluding steroid dienone is 3. The van der Waals surface area contributed by atoms with Crippen molar-refractivity contribution in [3.63, 3.8) is 0 Å². The van der Waals surface area contributed by atoms with E-state index in [0.29, 0.717) is 12.8 Å². The van der Waals surface area contributed by atoms with Gasteiger partial charge in [-0.2, -0.15) is 0 Å². The first-order valence-electron chi connectivity index (χ1n) is 25.7. The maximum Gasteiger partial charge on any atom is 0.249 e. The summed E-state index contributed by atoms with van der Waals surface area (Å²) in [7, 11) is 0. The summed E-state index contributed by atoms with van der Waals surface area (Å²) in [5.41, 5.74) is 0. The van der Waals surface area contributed by atoms with E-state index in [1.165, 1.54) is 122 Å². The number of nitrogens with one attached hydrogen (secondary N) is 1. The summed E-state index contributed by atoms with van der Waals surface area (Å²) < 4.78 is 22.6. The summed E-state index contributed by atoms with van der Waals surface area (Å²) in [6.45, 7) is 2.57. The summed E-state index contributed by atoms with van der Waals surface area (Å²) in [6.07, 6.45) is 19.7. The van der Waals surface area contributed by atoms with Crippen LogP contribution in [-0.4, -0.2) is 151 Å². The number of unbranched alkanes of at least 4 members (excludes halogenated alkanes) is 23. The maximum absolute atomic E-state index is 13.2. The molecule has 2 saturated heterocycles. The van der Waals surface area contributed by atoms with Gasteiger partial charge in [-0.05, 0) is 32.1 Å². The Morgan fingerprint density at radius 1 is 0.554 bits per heavy atom. The predicted molar refractivity (Wildman–Crippen MR) is 251 cm³/mol. The van der Waals surface area contributed by atoms with Crippen LogP contribution in [0.4, 0.5) is 0 Å². The van der Waals surface area contributed by atoms with Crippen LogP contribution in [0.1, 0.15) is 187 Å². The molecule has 0 spiro atoms. The molecule has 1 amide bonds. The fourth-order valence-electron chi connectivity index (χ4n) is 8.43. The highest BCUT2D eigenvalue weighted by atomic mass is 16.7. The number of hydrogen-bond donors (Lipinski definition) is 10. The molecule has 2 aliphatic heterocycles. The molecule has 2 aliphatic rings. The molecule has 0 radical (unpaired) electrons. The summed E-state index contributed by atoms with van der Waals surface area (Å²) in [5.74, 6) is -0.688. The zero-order valence-corrected chi connectivity index (χ0v) is 40.1. The number of carbonyl (C=O) groups excluding carboxylic acids is 1. The molecule has 0 aromatic heterocycles. The van der Waals surface area contributed by atoms with Crippen molar-refractivity contribution in [2.45, 2.75) is 267 Å². The van der Waals surface area contributed by atoms with E-state index in [-0.39, 0.29) is 6.42 Å². The third kappa shape index (κ3) is 24.5. The third-order valence-electron chi connectivity index (χ3n) is 12.7. The van der Waals surface area contributed by atoms with Crippen LogP contribution in [0.15, 0.2) is 24.3 Å². The van der Waals surface area contributed by atoms with E-state index in [0.717, 1.165) is 38.5 Å². The van der Waals surface area contributed by atoms with E-state index < -0.39 is 105 Å². The van der Waals surface area contributed by atoms with Gasteiger partial charge in [-0.3, -0.25) is 4.79 Å². The van der Waals surface area contributed by atoms with E-state index in [4.69, 9.17) is 18.9 Å². The van der Waals surface area contributed by atoms with Crippen LogP contribution in [0.5, 0.6) is 0 Å². The van der Waals surface area contributed by atoms with Crippen LogP contribution in [0, 0.1) is 0 Å². The molecule has 2 rings (SSSR count). The Kier molecular flexibility index (Phi) is 34.2. The Labute approximate surface area is 391 Å². The predicted octanol–water partition coefficient (Wildman–Crippen LogP) is 5.52. The largest absolute Gasteiger partial charge is 0.394 e. The SMILES string of the molecule is CCCCCCCCC/C=C\CC/C=C/C(O)C(COC1OC(CO)C(OC2OC(CO)C(O)C(O)C2O)C(O)C1O)NC(=O)C(O)CCCCCCCCCCCCCCCCCC. The van der Waals surface area contributed by atoms with Crippen molar-refractivity contribution < 1.29 is 69.7 Å². The van der Waals surface area contributed by atoms with Gasteiger partial charge >= 0.3 is 0 Å². The van der Waals surface area contributed by atoms with Crippen molar-refractivity contribution in [1.82, 2.24) is 5.32 Å².